The Kier molecular flexibility index (Phi) is 3.46. The molecule has 0 aliphatic carbocycles. The van der Waals surface area contributed by atoms with Crippen molar-refractivity contribution >= 4 is 15.9 Å². The highest BCUT2D eigenvalue weighted by Crippen LogP contribution is 2.25. The lowest BCUT2D eigenvalue weighted by Crippen LogP contribution is -2.03. The number of aliphatic hydroxyl groups excluding tert-OH is 1. The Bertz CT molecular complexity index is 463. The van der Waals surface area contributed by atoms with Gasteiger partial charge in [0.25, 0.3) is 0 Å². The predicted octanol–water partition coefficient (Wildman–Crippen LogP) is 3.63. The molecular weight excluding hydrogens is 268 g/mol. The van der Waals surface area contributed by atoms with Crippen molar-refractivity contribution in [1.82, 2.24) is 0 Å². The highest BCUT2D eigenvalue weighted by molar-refractivity contribution is 9.10. The molecule has 0 aliphatic rings. The Morgan fingerprint density at radius 1 is 1.38 bits per heavy atom. The molecule has 1 unspecified atom stereocenters. The van der Waals surface area contributed by atoms with Gasteiger partial charge in [0.1, 0.15) is 5.76 Å². The average molecular weight is 281 g/mol. The summed E-state index contributed by atoms with van der Waals surface area (Å²) < 4.78 is 6.20. The molecule has 0 fully saturated rings. The van der Waals surface area contributed by atoms with Gasteiger partial charge in [-0.3, -0.25) is 0 Å². The molecule has 84 valence electrons. The fourth-order valence-electron chi connectivity index (χ4n) is 1.70. The van der Waals surface area contributed by atoms with Gasteiger partial charge in [-0.05, 0) is 42.3 Å². The standard InChI is InChI=1S/C13H13BrO2/c1-9-4-5-10(14)7-12(9)13(15)8-11-3-2-6-16-11/h2-7,13,15H,8H2,1H3. The Hall–Kier alpha value is -1.06. The van der Waals surface area contributed by atoms with Crippen molar-refractivity contribution in [2.24, 2.45) is 0 Å². The molecule has 3 heteroatoms. The van der Waals surface area contributed by atoms with Gasteiger partial charge in [-0.1, -0.05) is 22.0 Å². The van der Waals surface area contributed by atoms with E-state index in [1.807, 2.05) is 37.3 Å². The second-order valence-electron chi connectivity index (χ2n) is 3.80. The van der Waals surface area contributed by atoms with Gasteiger partial charge in [0.15, 0.2) is 0 Å². The number of hydrogen-bond donors (Lipinski definition) is 1. The summed E-state index contributed by atoms with van der Waals surface area (Å²) in [6.07, 6.45) is 1.60. The van der Waals surface area contributed by atoms with Crippen LogP contribution in [0.4, 0.5) is 0 Å². The fourth-order valence-corrected chi connectivity index (χ4v) is 2.08. The van der Waals surface area contributed by atoms with E-state index >= 15 is 0 Å². The van der Waals surface area contributed by atoms with Gasteiger partial charge in [0.2, 0.25) is 0 Å². The van der Waals surface area contributed by atoms with Crippen molar-refractivity contribution in [2.75, 3.05) is 0 Å². The van der Waals surface area contributed by atoms with Crippen LogP contribution in [-0.4, -0.2) is 5.11 Å². The number of furan rings is 1. The van der Waals surface area contributed by atoms with E-state index < -0.39 is 6.10 Å². The summed E-state index contributed by atoms with van der Waals surface area (Å²) in [5, 5.41) is 10.1. The third-order valence-corrected chi connectivity index (χ3v) is 3.07. The van der Waals surface area contributed by atoms with Crippen molar-refractivity contribution in [3.05, 3.63) is 58.0 Å². The van der Waals surface area contributed by atoms with Crippen molar-refractivity contribution < 1.29 is 9.52 Å². The summed E-state index contributed by atoms with van der Waals surface area (Å²) >= 11 is 3.41. The Morgan fingerprint density at radius 3 is 2.88 bits per heavy atom. The Labute approximate surface area is 103 Å². The molecule has 16 heavy (non-hydrogen) atoms. The van der Waals surface area contributed by atoms with Crippen molar-refractivity contribution in [3.63, 3.8) is 0 Å². The van der Waals surface area contributed by atoms with Gasteiger partial charge in [0.05, 0.1) is 12.4 Å². The largest absolute Gasteiger partial charge is 0.469 e. The average Bonchev–Trinajstić information content (AvgIpc) is 2.74. The van der Waals surface area contributed by atoms with Gasteiger partial charge in [-0.15, -0.1) is 0 Å². The summed E-state index contributed by atoms with van der Waals surface area (Å²) in [5.41, 5.74) is 2.02. The van der Waals surface area contributed by atoms with Gasteiger partial charge >= 0.3 is 0 Å². The van der Waals surface area contributed by atoms with Gasteiger partial charge in [-0.2, -0.15) is 0 Å². The molecule has 2 nitrogen and oxygen atoms in total. The second-order valence-corrected chi connectivity index (χ2v) is 4.72. The first-order valence-electron chi connectivity index (χ1n) is 5.13. The van der Waals surface area contributed by atoms with Crippen LogP contribution in [0.3, 0.4) is 0 Å². The minimum Gasteiger partial charge on any atom is -0.469 e. The Morgan fingerprint density at radius 2 is 2.19 bits per heavy atom. The summed E-state index contributed by atoms with van der Waals surface area (Å²) in [7, 11) is 0. The van der Waals surface area contributed by atoms with Gasteiger partial charge in [0, 0.05) is 10.9 Å². The van der Waals surface area contributed by atoms with Crippen LogP contribution in [0.15, 0.2) is 45.5 Å². The monoisotopic (exact) mass is 280 g/mol. The van der Waals surface area contributed by atoms with Crippen molar-refractivity contribution in [3.8, 4) is 0 Å². The van der Waals surface area contributed by atoms with Gasteiger partial charge in [-0.25, -0.2) is 0 Å². The van der Waals surface area contributed by atoms with Gasteiger partial charge < -0.3 is 9.52 Å². The van der Waals surface area contributed by atoms with Crippen LogP contribution in [0, 0.1) is 6.92 Å². The van der Waals surface area contributed by atoms with E-state index in [0.29, 0.717) is 6.42 Å². The second kappa shape index (κ2) is 4.85. The molecule has 2 rings (SSSR count). The van der Waals surface area contributed by atoms with E-state index in [4.69, 9.17) is 4.42 Å². The predicted molar refractivity (Wildman–Crippen MR) is 66.3 cm³/mol. The maximum absolute atomic E-state index is 10.1. The van der Waals surface area contributed by atoms with E-state index in [1.165, 1.54) is 0 Å². The first-order chi connectivity index (χ1) is 7.66. The van der Waals surface area contributed by atoms with Crippen LogP contribution in [0.5, 0.6) is 0 Å². The quantitative estimate of drug-likeness (QED) is 0.932. The zero-order valence-corrected chi connectivity index (χ0v) is 10.6. The number of aryl methyl sites for hydroxylation is 1. The van der Waals surface area contributed by atoms with Crippen molar-refractivity contribution in [1.29, 1.82) is 0 Å². The zero-order valence-electron chi connectivity index (χ0n) is 8.98. The fraction of sp³-hybridized carbons (Fsp3) is 0.231. The summed E-state index contributed by atoms with van der Waals surface area (Å²) in [6, 6.07) is 9.61. The van der Waals surface area contributed by atoms with E-state index in [1.54, 1.807) is 6.26 Å². The number of halogens is 1. The lowest BCUT2D eigenvalue weighted by Gasteiger charge is -2.12. The van der Waals surface area contributed by atoms with Crippen LogP contribution >= 0.6 is 15.9 Å². The van der Waals surface area contributed by atoms with Crippen LogP contribution in [0.1, 0.15) is 23.0 Å². The molecule has 0 amide bonds. The molecule has 1 aromatic heterocycles. The summed E-state index contributed by atoms with van der Waals surface area (Å²) in [5.74, 6) is 0.798. The molecule has 0 saturated carbocycles. The lowest BCUT2D eigenvalue weighted by molar-refractivity contribution is 0.170. The highest BCUT2D eigenvalue weighted by atomic mass is 79.9. The van der Waals surface area contributed by atoms with Crippen LogP contribution in [-0.2, 0) is 6.42 Å². The number of rotatable bonds is 3. The number of benzene rings is 1. The molecule has 0 spiro atoms. The molecule has 1 atom stereocenters. The minimum absolute atomic E-state index is 0.504. The minimum atomic E-state index is -0.524. The van der Waals surface area contributed by atoms with Crippen LogP contribution in [0.25, 0.3) is 0 Å². The first kappa shape index (κ1) is 11.4. The zero-order chi connectivity index (χ0) is 11.5. The molecule has 0 bridgehead atoms. The molecule has 0 radical (unpaired) electrons. The molecule has 1 aromatic carbocycles. The summed E-state index contributed by atoms with van der Waals surface area (Å²) in [4.78, 5) is 0. The molecule has 0 saturated heterocycles. The molecular formula is C13H13BrO2. The third-order valence-electron chi connectivity index (χ3n) is 2.57. The molecule has 1 N–H and O–H groups in total. The van der Waals surface area contributed by atoms with Crippen molar-refractivity contribution in [2.45, 2.75) is 19.4 Å². The maximum atomic E-state index is 10.1. The van der Waals surface area contributed by atoms with Crippen LogP contribution < -0.4 is 0 Å². The molecule has 0 aliphatic heterocycles. The van der Waals surface area contributed by atoms with E-state index in [9.17, 15) is 5.11 Å². The van der Waals surface area contributed by atoms with E-state index in [2.05, 4.69) is 15.9 Å². The molecule has 2 aromatic rings. The molecule has 1 heterocycles. The van der Waals surface area contributed by atoms with E-state index in [-0.39, 0.29) is 0 Å². The topological polar surface area (TPSA) is 33.4 Å². The van der Waals surface area contributed by atoms with E-state index in [0.717, 1.165) is 21.4 Å². The Balaban J connectivity index is 2.20. The third kappa shape index (κ3) is 2.54. The maximum Gasteiger partial charge on any atom is 0.106 e. The van der Waals surface area contributed by atoms with Crippen LogP contribution in [0.2, 0.25) is 0 Å². The SMILES string of the molecule is Cc1ccc(Br)cc1C(O)Cc1ccco1. The normalized spacial score (nSPS) is 12.7. The number of aliphatic hydroxyl groups is 1. The first-order valence-corrected chi connectivity index (χ1v) is 5.92. The lowest BCUT2D eigenvalue weighted by atomic mass is 10.0. The highest BCUT2D eigenvalue weighted by Gasteiger charge is 2.12. The number of hydrogen-bond acceptors (Lipinski definition) is 2. The smallest absolute Gasteiger partial charge is 0.106 e. The summed E-state index contributed by atoms with van der Waals surface area (Å²) in [6.45, 7) is 1.99.